The lowest BCUT2D eigenvalue weighted by molar-refractivity contribution is 0.292. The number of hydrogen-bond acceptors (Lipinski definition) is 7. The van der Waals surface area contributed by atoms with E-state index in [1.54, 1.807) is 30.5 Å². The summed E-state index contributed by atoms with van der Waals surface area (Å²) >= 11 is 0. The zero-order valence-electron chi connectivity index (χ0n) is 19.6. The van der Waals surface area contributed by atoms with E-state index in [2.05, 4.69) is 16.4 Å². The second-order valence-electron chi connectivity index (χ2n) is 8.41. The van der Waals surface area contributed by atoms with E-state index in [0.717, 1.165) is 22.4 Å². The van der Waals surface area contributed by atoms with Gasteiger partial charge in [-0.2, -0.15) is 15.0 Å². The number of oxazole rings is 1. The first kappa shape index (κ1) is 23.0. The standard InChI is InChI=1S/C28H23N5O3/c1-18-11-20(26-16-30-17-36-26)13-21(12-18)27-23-5-2-3-6-24(23)28(35)33(32-27)25-14-22(31-9-4-10-34)8-7-19(25)15-29/h2-3,5-8,11-14,16-17,31,34H,4,9-10H2,1H3. The molecule has 0 amide bonds. The molecule has 0 aliphatic carbocycles. The molecule has 5 aromatic rings. The molecule has 2 heterocycles. The van der Waals surface area contributed by atoms with Crippen molar-refractivity contribution in [3.8, 4) is 34.3 Å². The molecule has 178 valence electrons. The largest absolute Gasteiger partial charge is 0.444 e. The Balaban J connectivity index is 1.74. The smallest absolute Gasteiger partial charge is 0.279 e. The molecule has 2 N–H and O–H groups in total. The summed E-state index contributed by atoms with van der Waals surface area (Å²) < 4.78 is 6.80. The summed E-state index contributed by atoms with van der Waals surface area (Å²) in [6, 6.07) is 20.6. The fourth-order valence-corrected chi connectivity index (χ4v) is 4.21. The molecule has 0 aliphatic heterocycles. The zero-order chi connectivity index (χ0) is 25.1. The van der Waals surface area contributed by atoms with Gasteiger partial charge in [-0.15, -0.1) is 0 Å². The van der Waals surface area contributed by atoms with Gasteiger partial charge in [-0.3, -0.25) is 4.79 Å². The Kier molecular flexibility index (Phi) is 6.31. The van der Waals surface area contributed by atoms with Crippen molar-refractivity contribution < 1.29 is 9.52 Å². The average molecular weight is 478 g/mol. The number of nitrogens with zero attached hydrogens (tertiary/aromatic N) is 4. The van der Waals surface area contributed by atoms with Gasteiger partial charge in [-0.25, -0.2) is 4.98 Å². The van der Waals surface area contributed by atoms with Gasteiger partial charge in [-0.1, -0.05) is 18.2 Å². The van der Waals surface area contributed by atoms with Gasteiger partial charge in [0.1, 0.15) is 6.07 Å². The predicted molar refractivity (Wildman–Crippen MR) is 138 cm³/mol. The molecule has 0 atom stereocenters. The van der Waals surface area contributed by atoms with Crippen molar-refractivity contribution in [2.24, 2.45) is 0 Å². The van der Waals surface area contributed by atoms with Crippen LogP contribution in [0.2, 0.25) is 0 Å². The summed E-state index contributed by atoms with van der Waals surface area (Å²) in [7, 11) is 0. The fourth-order valence-electron chi connectivity index (χ4n) is 4.21. The van der Waals surface area contributed by atoms with E-state index in [9.17, 15) is 10.1 Å². The molecule has 5 rings (SSSR count). The number of aliphatic hydroxyl groups excluding tert-OH is 1. The third kappa shape index (κ3) is 4.35. The van der Waals surface area contributed by atoms with E-state index in [4.69, 9.17) is 14.6 Å². The fraction of sp³-hybridized carbons (Fsp3) is 0.143. The van der Waals surface area contributed by atoms with Crippen molar-refractivity contribution in [2.45, 2.75) is 13.3 Å². The van der Waals surface area contributed by atoms with Gasteiger partial charge in [0, 0.05) is 35.4 Å². The Hall–Kier alpha value is -4.74. The zero-order valence-corrected chi connectivity index (χ0v) is 19.6. The lowest BCUT2D eigenvalue weighted by atomic mass is 9.99. The molecule has 8 heteroatoms. The second-order valence-corrected chi connectivity index (χ2v) is 8.41. The SMILES string of the molecule is Cc1cc(-c2cnco2)cc(-c2nn(-c3cc(NCCCO)ccc3C#N)c(=O)c3ccccc23)c1. The Labute approximate surface area is 207 Å². The van der Waals surface area contributed by atoms with Gasteiger partial charge in [-0.05, 0) is 61.4 Å². The number of rotatable bonds is 7. The minimum absolute atomic E-state index is 0.0672. The van der Waals surface area contributed by atoms with Gasteiger partial charge < -0.3 is 14.8 Å². The van der Waals surface area contributed by atoms with E-state index >= 15 is 0 Å². The van der Waals surface area contributed by atoms with Crippen LogP contribution in [0.3, 0.4) is 0 Å². The third-order valence-electron chi connectivity index (χ3n) is 5.88. The second kappa shape index (κ2) is 9.86. The number of anilines is 1. The molecule has 0 radical (unpaired) electrons. The minimum atomic E-state index is -0.318. The molecule has 0 saturated carbocycles. The van der Waals surface area contributed by atoms with Crippen LogP contribution in [0.15, 0.2) is 82.5 Å². The van der Waals surface area contributed by atoms with Crippen LogP contribution in [-0.4, -0.2) is 33.0 Å². The van der Waals surface area contributed by atoms with Crippen LogP contribution in [0.5, 0.6) is 0 Å². The normalized spacial score (nSPS) is 10.9. The van der Waals surface area contributed by atoms with Crippen LogP contribution in [0.25, 0.3) is 39.0 Å². The highest BCUT2D eigenvalue weighted by Crippen LogP contribution is 2.31. The molecule has 0 bridgehead atoms. The molecule has 3 aromatic carbocycles. The summed E-state index contributed by atoms with van der Waals surface area (Å²) in [5, 5.41) is 28.1. The van der Waals surface area contributed by atoms with Crippen LogP contribution >= 0.6 is 0 Å². The molecule has 0 fully saturated rings. The van der Waals surface area contributed by atoms with E-state index < -0.39 is 0 Å². The quantitative estimate of drug-likeness (QED) is 0.327. The molecule has 0 saturated heterocycles. The maximum Gasteiger partial charge on any atom is 0.279 e. The predicted octanol–water partition coefficient (Wildman–Crippen LogP) is 4.68. The minimum Gasteiger partial charge on any atom is -0.444 e. The van der Waals surface area contributed by atoms with Crippen LogP contribution in [-0.2, 0) is 0 Å². The van der Waals surface area contributed by atoms with Gasteiger partial charge in [0.2, 0.25) is 0 Å². The van der Waals surface area contributed by atoms with E-state index in [-0.39, 0.29) is 12.2 Å². The topological polar surface area (TPSA) is 117 Å². The first-order valence-corrected chi connectivity index (χ1v) is 11.5. The van der Waals surface area contributed by atoms with Gasteiger partial charge >= 0.3 is 0 Å². The van der Waals surface area contributed by atoms with Crippen molar-refractivity contribution in [3.05, 3.63) is 94.7 Å². The summed E-state index contributed by atoms with van der Waals surface area (Å²) in [5.74, 6) is 0.631. The van der Waals surface area contributed by atoms with Crippen molar-refractivity contribution in [2.75, 3.05) is 18.5 Å². The highest BCUT2D eigenvalue weighted by molar-refractivity contribution is 5.94. The van der Waals surface area contributed by atoms with Crippen LogP contribution in [0.4, 0.5) is 5.69 Å². The number of fused-ring (bicyclic) bond motifs is 1. The Bertz CT molecular complexity index is 1650. The Morgan fingerprint density at radius 3 is 2.64 bits per heavy atom. The monoisotopic (exact) mass is 477 g/mol. The number of aryl methyl sites for hydroxylation is 1. The van der Waals surface area contributed by atoms with Gasteiger partial charge in [0.15, 0.2) is 12.2 Å². The molecule has 0 spiro atoms. The van der Waals surface area contributed by atoms with Gasteiger partial charge in [0.25, 0.3) is 5.56 Å². The molecule has 36 heavy (non-hydrogen) atoms. The average Bonchev–Trinajstić information content (AvgIpc) is 3.44. The molecular weight excluding hydrogens is 454 g/mol. The maximum absolute atomic E-state index is 13.6. The van der Waals surface area contributed by atoms with Crippen LogP contribution in [0, 0.1) is 18.3 Å². The van der Waals surface area contributed by atoms with E-state index in [1.165, 1.54) is 11.1 Å². The molecule has 8 nitrogen and oxygen atoms in total. The highest BCUT2D eigenvalue weighted by Gasteiger charge is 2.17. The lowest BCUT2D eigenvalue weighted by Gasteiger charge is -2.15. The molecule has 2 aromatic heterocycles. The summed E-state index contributed by atoms with van der Waals surface area (Å²) in [6.07, 6.45) is 3.62. The first-order chi connectivity index (χ1) is 17.6. The molecule has 0 aliphatic rings. The van der Waals surface area contributed by atoms with E-state index in [1.807, 2.05) is 43.3 Å². The van der Waals surface area contributed by atoms with Crippen molar-refractivity contribution in [1.29, 1.82) is 5.26 Å². The number of aliphatic hydroxyl groups is 1. The number of aromatic nitrogens is 3. The lowest BCUT2D eigenvalue weighted by Crippen LogP contribution is -2.23. The Morgan fingerprint density at radius 2 is 1.89 bits per heavy atom. The summed E-state index contributed by atoms with van der Waals surface area (Å²) in [4.78, 5) is 17.6. The van der Waals surface area contributed by atoms with E-state index in [0.29, 0.717) is 46.4 Å². The molecular formula is C28H23N5O3. The highest BCUT2D eigenvalue weighted by atomic mass is 16.3. The summed E-state index contributed by atoms with van der Waals surface area (Å²) in [5.41, 5.74) is 4.37. The van der Waals surface area contributed by atoms with Crippen molar-refractivity contribution >= 4 is 16.5 Å². The van der Waals surface area contributed by atoms with Gasteiger partial charge in [0.05, 0.1) is 28.5 Å². The third-order valence-corrected chi connectivity index (χ3v) is 5.88. The first-order valence-electron chi connectivity index (χ1n) is 11.5. The van der Waals surface area contributed by atoms with Crippen molar-refractivity contribution in [3.63, 3.8) is 0 Å². The summed E-state index contributed by atoms with van der Waals surface area (Å²) in [6.45, 7) is 2.61. The van der Waals surface area contributed by atoms with Crippen LogP contribution in [0.1, 0.15) is 17.5 Å². The number of nitrogens with one attached hydrogen (secondary N) is 1. The number of benzene rings is 3. The van der Waals surface area contributed by atoms with Crippen molar-refractivity contribution in [1.82, 2.24) is 14.8 Å². The number of hydrogen-bond donors (Lipinski definition) is 2. The van der Waals surface area contributed by atoms with Crippen LogP contribution < -0.4 is 10.9 Å². The Morgan fingerprint density at radius 1 is 1.08 bits per heavy atom. The number of nitriles is 1. The molecule has 0 unspecified atom stereocenters. The maximum atomic E-state index is 13.6.